The molecule has 0 saturated heterocycles. The quantitative estimate of drug-likeness (QED) is 0.613. The Kier molecular flexibility index (Phi) is 5.17. The Balaban J connectivity index is 2.14. The van der Waals surface area contributed by atoms with E-state index in [2.05, 4.69) is 5.32 Å². The van der Waals surface area contributed by atoms with Gasteiger partial charge in [0.25, 0.3) is 17.3 Å². The van der Waals surface area contributed by atoms with Crippen molar-refractivity contribution in [3.8, 4) is 0 Å². The van der Waals surface area contributed by atoms with Gasteiger partial charge in [0.1, 0.15) is 0 Å². The van der Waals surface area contributed by atoms with Crippen LogP contribution in [0, 0.1) is 20.2 Å². The van der Waals surface area contributed by atoms with Gasteiger partial charge in [-0.05, 0) is 5.56 Å². The van der Waals surface area contributed by atoms with E-state index in [1.54, 1.807) is 30.3 Å². The van der Waals surface area contributed by atoms with Crippen LogP contribution in [0.3, 0.4) is 0 Å². The predicted molar refractivity (Wildman–Crippen MR) is 83.5 cm³/mol. The molecule has 0 aliphatic heterocycles. The van der Waals surface area contributed by atoms with Crippen molar-refractivity contribution in [2.24, 2.45) is 0 Å². The van der Waals surface area contributed by atoms with Gasteiger partial charge in [-0.3, -0.25) is 25.0 Å². The number of non-ortho nitro benzene ring substituents is 2. The molecule has 1 amide bonds. The highest BCUT2D eigenvalue weighted by Gasteiger charge is 2.20. The van der Waals surface area contributed by atoms with E-state index in [1.165, 1.54) is 0 Å². The largest absolute Gasteiger partial charge is 0.387 e. The molecule has 2 rings (SSSR count). The highest BCUT2D eigenvalue weighted by Crippen LogP contribution is 2.22. The van der Waals surface area contributed by atoms with Crippen LogP contribution in [0.4, 0.5) is 11.4 Å². The van der Waals surface area contributed by atoms with Crippen molar-refractivity contribution >= 4 is 17.3 Å². The number of carbonyl (C=O) groups is 1. The normalized spacial score (nSPS) is 11.5. The highest BCUT2D eigenvalue weighted by atomic mass is 16.6. The summed E-state index contributed by atoms with van der Waals surface area (Å²) in [7, 11) is 0. The first-order chi connectivity index (χ1) is 11.4. The van der Waals surface area contributed by atoms with Crippen LogP contribution in [0.15, 0.2) is 48.5 Å². The summed E-state index contributed by atoms with van der Waals surface area (Å²) in [6, 6.07) is 11.2. The molecule has 0 aliphatic carbocycles. The van der Waals surface area contributed by atoms with Gasteiger partial charge in [-0.2, -0.15) is 0 Å². The van der Waals surface area contributed by atoms with Gasteiger partial charge >= 0.3 is 0 Å². The number of rotatable bonds is 6. The third kappa shape index (κ3) is 4.11. The molecule has 2 aromatic rings. The lowest BCUT2D eigenvalue weighted by molar-refractivity contribution is -0.394. The molecule has 0 saturated carbocycles. The number of hydrogen-bond donors (Lipinski definition) is 2. The average molecular weight is 331 g/mol. The maximum absolute atomic E-state index is 12.1. The summed E-state index contributed by atoms with van der Waals surface area (Å²) in [5, 5.41) is 34.0. The van der Waals surface area contributed by atoms with Crippen molar-refractivity contribution < 1.29 is 19.7 Å². The minimum Gasteiger partial charge on any atom is -0.387 e. The van der Waals surface area contributed by atoms with Gasteiger partial charge in [-0.25, -0.2) is 0 Å². The van der Waals surface area contributed by atoms with Crippen LogP contribution in [0.1, 0.15) is 22.0 Å². The van der Waals surface area contributed by atoms with Gasteiger partial charge < -0.3 is 10.4 Å². The van der Waals surface area contributed by atoms with E-state index in [-0.39, 0.29) is 12.1 Å². The minimum atomic E-state index is -0.969. The lowest BCUT2D eigenvalue weighted by atomic mass is 10.1. The van der Waals surface area contributed by atoms with Crippen molar-refractivity contribution in [1.29, 1.82) is 0 Å². The first-order valence-corrected chi connectivity index (χ1v) is 6.83. The second-order valence-corrected chi connectivity index (χ2v) is 4.89. The lowest BCUT2D eigenvalue weighted by Gasteiger charge is -2.12. The van der Waals surface area contributed by atoms with E-state index >= 15 is 0 Å². The summed E-state index contributed by atoms with van der Waals surface area (Å²) in [5.41, 5.74) is -0.755. The van der Waals surface area contributed by atoms with Gasteiger partial charge in [0.2, 0.25) is 0 Å². The van der Waals surface area contributed by atoms with Crippen LogP contribution in [0.25, 0.3) is 0 Å². The van der Waals surface area contributed by atoms with Crippen LogP contribution in [0.2, 0.25) is 0 Å². The number of hydrogen-bond acceptors (Lipinski definition) is 6. The Labute approximate surface area is 135 Å². The van der Waals surface area contributed by atoms with Gasteiger partial charge in [0.05, 0.1) is 27.6 Å². The van der Waals surface area contributed by atoms with Gasteiger partial charge in [0, 0.05) is 18.7 Å². The Morgan fingerprint density at radius 2 is 1.58 bits per heavy atom. The van der Waals surface area contributed by atoms with E-state index in [9.17, 15) is 30.1 Å². The number of benzene rings is 2. The van der Waals surface area contributed by atoms with Crippen molar-refractivity contribution in [2.75, 3.05) is 6.54 Å². The average Bonchev–Trinajstić information content (AvgIpc) is 2.59. The topological polar surface area (TPSA) is 136 Å². The Bertz CT molecular complexity index is 746. The number of nitro groups is 2. The predicted octanol–water partition coefficient (Wildman–Crippen LogP) is 1.97. The van der Waals surface area contributed by atoms with Gasteiger partial charge in [-0.15, -0.1) is 0 Å². The molecule has 0 radical (unpaired) electrons. The minimum absolute atomic E-state index is 0.140. The number of amides is 1. The van der Waals surface area contributed by atoms with Crippen molar-refractivity contribution in [3.05, 3.63) is 79.9 Å². The molecule has 9 heteroatoms. The number of carbonyl (C=O) groups excluding carboxylic acids is 1. The first-order valence-electron chi connectivity index (χ1n) is 6.83. The number of nitrogens with one attached hydrogen (secondary N) is 1. The van der Waals surface area contributed by atoms with Gasteiger partial charge in [-0.1, -0.05) is 30.3 Å². The van der Waals surface area contributed by atoms with Crippen molar-refractivity contribution in [3.63, 3.8) is 0 Å². The first kappa shape index (κ1) is 17.0. The molecule has 0 bridgehead atoms. The summed E-state index contributed by atoms with van der Waals surface area (Å²) in [6.07, 6.45) is -0.969. The van der Waals surface area contributed by atoms with Crippen LogP contribution >= 0.6 is 0 Å². The molecule has 0 spiro atoms. The van der Waals surface area contributed by atoms with E-state index in [0.717, 1.165) is 18.2 Å². The number of aliphatic hydroxyl groups excluding tert-OH is 1. The molecule has 124 valence electrons. The molecular weight excluding hydrogens is 318 g/mol. The van der Waals surface area contributed by atoms with E-state index in [0.29, 0.717) is 5.56 Å². The number of aliphatic hydroxyl groups is 1. The monoisotopic (exact) mass is 331 g/mol. The van der Waals surface area contributed by atoms with Crippen LogP contribution in [-0.4, -0.2) is 27.4 Å². The summed E-state index contributed by atoms with van der Waals surface area (Å²) in [6.45, 7) is -0.140. The third-order valence-corrected chi connectivity index (χ3v) is 3.23. The Morgan fingerprint density at radius 1 is 1.04 bits per heavy atom. The molecule has 0 fully saturated rings. The highest BCUT2D eigenvalue weighted by molar-refractivity contribution is 5.95. The zero-order chi connectivity index (χ0) is 17.7. The van der Waals surface area contributed by atoms with E-state index in [1.807, 2.05) is 0 Å². The summed E-state index contributed by atoms with van der Waals surface area (Å²) in [5.74, 6) is -0.753. The molecule has 9 nitrogen and oxygen atoms in total. The maximum atomic E-state index is 12.1. The lowest BCUT2D eigenvalue weighted by Crippen LogP contribution is -2.28. The van der Waals surface area contributed by atoms with Crippen molar-refractivity contribution in [1.82, 2.24) is 5.32 Å². The van der Waals surface area contributed by atoms with Crippen LogP contribution < -0.4 is 5.32 Å². The Morgan fingerprint density at radius 3 is 2.08 bits per heavy atom. The number of nitro benzene ring substituents is 2. The van der Waals surface area contributed by atoms with Crippen molar-refractivity contribution in [2.45, 2.75) is 6.10 Å². The SMILES string of the molecule is O=C(NCC(O)c1ccccc1)c1cc([N+](=O)[O-])cc([N+](=O)[O-])c1. The molecule has 1 unspecified atom stereocenters. The smallest absolute Gasteiger partial charge is 0.277 e. The molecule has 2 aromatic carbocycles. The second kappa shape index (κ2) is 7.29. The molecule has 0 aromatic heterocycles. The molecule has 1 atom stereocenters. The third-order valence-electron chi connectivity index (χ3n) is 3.23. The standard InChI is InChI=1S/C15H13N3O6/c19-14(10-4-2-1-3-5-10)9-16-15(20)11-6-12(17(21)22)8-13(7-11)18(23)24/h1-8,14,19H,9H2,(H,16,20). The molecule has 2 N–H and O–H groups in total. The molecule has 0 aliphatic rings. The molecule has 24 heavy (non-hydrogen) atoms. The summed E-state index contributed by atoms with van der Waals surface area (Å²) < 4.78 is 0. The fourth-order valence-electron chi connectivity index (χ4n) is 2.02. The number of nitrogens with zero attached hydrogens (tertiary/aromatic N) is 2. The fourth-order valence-corrected chi connectivity index (χ4v) is 2.02. The summed E-state index contributed by atoms with van der Waals surface area (Å²) >= 11 is 0. The molecule has 0 heterocycles. The summed E-state index contributed by atoms with van der Waals surface area (Å²) in [4.78, 5) is 32.1. The van der Waals surface area contributed by atoms with E-state index < -0.39 is 33.2 Å². The second-order valence-electron chi connectivity index (χ2n) is 4.89. The zero-order valence-corrected chi connectivity index (χ0v) is 12.3. The maximum Gasteiger partial charge on any atom is 0.277 e. The fraction of sp³-hybridized carbons (Fsp3) is 0.133. The van der Waals surface area contributed by atoms with E-state index in [4.69, 9.17) is 0 Å². The Hall–Kier alpha value is -3.33. The van der Waals surface area contributed by atoms with Crippen LogP contribution in [0.5, 0.6) is 0 Å². The van der Waals surface area contributed by atoms with Crippen LogP contribution in [-0.2, 0) is 0 Å². The zero-order valence-electron chi connectivity index (χ0n) is 12.3. The molecular formula is C15H13N3O6. The van der Waals surface area contributed by atoms with Gasteiger partial charge in [0.15, 0.2) is 0 Å².